The van der Waals surface area contributed by atoms with Crippen LogP contribution in [0.4, 0.5) is 0 Å². The van der Waals surface area contributed by atoms with E-state index in [9.17, 15) is 9.60 Å². The minimum atomic E-state index is -2.84. The number of hydrogen-bond donors (Lipinski definition) is 0. The Kier molecular flexibility index (Phi) is 7.46. The molecule has 0 spiro atoms. The molecule has 3 aromatic heterocycles. The summed E-state index contributed by atoms with van der Waals surface area (Å²) in [5.74, 6) is 0.871. The molecular weight excluding hydrogens is 997 g/mol. The Balaban J connectivity index is 0.977. The number of ether oxygens (including phenoxy) is 1. The van der Waals surface area contributed by atoms with Gasteiger partial charge in [-0.1, -0.05) is 215 Å². The van der Waals surface area contributed by atoms with Gasteiger partial charge in [0.05, 0.1) is 58.1 Å². The van der Waals surface area contributed by atoms with Crippen LogP contribution in [0.5, 0.6) is 11.5 Å². The van der Waals surface area contributed by atoms with Gasteiger partial charge in [0.1, 0.15) is 17.3 Å². The number of aryl methyl sites for hydroxylation is 1. The number of rotatable bonds is 8. The van der Waals surface area contributed by atoms with Crippen molar-refractivity contribution >= 4 is 32.8 Å². The fourth-order valence-corrected chi connectivity index (χ4v) is 11.2. The maximum absolute atomic E-state index is 10.5. The number of benzene rings is 11. The Hall–Kier alpha value is -10.4. The van der Waals surface area contributed by atoms with Crippen LogP contribution in [0.25, 0.3) is 128 Å². The summed E-state index contributed by atoms with van der Waals surface area (Å²) in [5.41, 5.74) is 4.56. The first-order chi connectivity index (χ1) is 48.9. The molecule has 0 N–H and O–H groups in total. The zero-order valence-electron chi connectivity index (χ0n) is 65.2. The number of pyridine rings is 1. The first-order valence-corrected chi connectivity index (χ1v) is 26.5. The average Bonchev–Trinajstić information content (AvgIpc) is 1.71. The van der Waals surface area contributed by atoms with Gasteiger partial charge < -0.3 is 4.74 Å². The molecule has 14 aromatic rings. The molecule has 5 nitrogen and oxygen atoms in total. The van der Waals surface area contributed by atoms with E-state index in [1.165, 1.54) is 12.3 Å². The highest BCUT2D eigenvalue weighted by Crippen LogP contribution is 2.48. The molecule has 390 valence electrons. The van der Waals surface area contributed by atoms with Crippen LogP contribution in [0.1, 0.15) is 60.7 Å². The van der Waals surface area contributed by atoms with E-state index >= 15 is 0 Å². The molecule has 0 saturated carbocycles. The third-order valence-corrected chi connectivity index (χ3v) is 15.0. The molecule has 0 saturated heterocycles. The van der Waals surface area contributed by atoms with Crippen molar-refractivity contribution in [3.8, 4) is 107 Å². The van der Waals surface area contributed by atoms with E-state index in [2.05, 4.69) is 6.33 Å². The van der Waals surface area contributed by atoms with Gasteiger partial charge in [0.2, 0.25) is 0 Å². The largest absolute Gasteiger partial charge is 0.458 e. The second-order valence-corrected chi connectivity index (χ2v) is 20.9. The molecule has 5 heteroatoms. The Morgan fingerprint density at radius 2 is 1.04 bits per heavy atom. The smallest absolute Gasteiger partial charge is 0.269 e. The highest BCUT2D eigenvalue weighted by molar-refractivity contribution is 6.09. The van der Waals surface area contributed by atoms with Gasteiger partial charge in [0.15, 0.2) is 0 Å². The number of hydrogen-bond acceptors (Lipinski definition) is 2. The van der Waals surface area contributed by atoms with Gasteiger partial charge in [-0.3, -0.25) is 13.7 Å². The fourth-order valence-electron chi connectivity index (χ4n) is 11.2. The quantitative estimate of drug-likeness (QED) is 0.112. The molecule has 1 aliphatic rings. The molecule has 0 atom stereocenters. The average molecular weight is 1070 g/mol. The van der Waals surface area contributed by atoms with E-state index in [4.69, 9.17) is 28.9 Å². The predicted octanol–water partition coefficient (Wildman–Crippen LogP) is 19.6. The van der Waals surface area contributed by atoms with Crippen LogP contribution in [-0.4, -0.2) is 14.1 Å². The lowest BCUT2D eigenvalue weighted by Gasteiger charge is -2.26. The van der Waals surface area contributed by atoms with Crippen molar-refractivity contribution in [1.29, 1.82) is 0 Å². The first-order valence-electron chi connectivity index (χ1n) is 37.0. The van der Waals surface area contributed by atoms with E-state index in [1.54, 1.807) is 34.9 Å². The SMILES string of the molecule is [2H]c1c([2H])c([2H])c(-c2cnc(-n3c4ccccc4c4ccc(Oc5cccc(-n6[c-][n+]7c8c(cccc86)-c6ccccc6-c6ccccc6-c6cc(C(C)(C)C)cc(-c8c([2H])c(-c9c([2H])c([2H])c([2H])c([2H])c9[2H])c([2H])c(-c9c([2H])c([2H])c([2H])c([2H])c9[2H])c8[2H])c6-7)c5)cc43)cc2C([2H])([2H])[2H])c([2H])c1[2H]. The zero-order chi connectivity index (χ0) is 73.2. The normalized spacial score (nSPS) is 15.7. The van der Waals surface area contributed by atoms with Gasteiger partial charge in [0, 0.05) is 32.7 Å². The summed E-state index contributed by atoms with van der Waals surface area (Å²) in [7, 11) is 0. The van der Waals surface area contributed by atoms with Crippen LogP contribution in [-0.2, 0) is 5.41 Å². The number of para-hydroxylation sites is 2. The van der Waals surface area contributed by atoms with Gasteiger partial charge in [-0.25, -0.2) is 4.98 Å². The molecule has 0 amide bonds. The number of imidazole rings is 1. The maximum Gasteiger partial charge on any atom is 0.269 e. The van der Waals surface area contributed by atoms with Crippen molar-refractivity contribution in [2.24, 2.45) is 0 Å². The van der Waals surface area contributed by atoms with Gasteiger partial charge in [-0.15, -0.1) is 0 Å². The van der Waals surface area contributed by atoms with E-state index < -0.39 is 143 Å². The van der Waals surface area contributed by atoms with Crippen LogP contribution in [0.3, 0.4) is 0 Å². The van der Waals surface area contributed by atoms with Gasteiger partial charge in [0.25, 0.3) is 6.33 Å². The van der Waals surface area contributed by atoms with E-state index in [1.807, 2.05) is 145 Å². The summed E-state index contributed by atoms with van der Waals surface area (Å²) in [4.78, 5) is 4.74. The van der Waals surface area contributed by atoms with Crippen molar-refractivity contribution in [3.05, 3.63) is 284 Å². The molecule has 4 heterocycles. The summed E-state index contributed by atoms with van der Waals surface area (Å²) < 4.78 is 202. The number of nitrogens with zero attached hydrogens (tertiary/aromatic N) is 4. The molecule has 82 heavy (non-hydrogen) atoms. The topological polar surface area (TPSA) is 35.9 Å². The Morgan fingerprint density at radius 1 is 0.476 bits per heavy atom. The summed E-state index contributed by atoms with van der Waals surface area (Å²) in [6, 6.07) is 34.1. The highest BCUT2D eigenvalue weighted by atomic mass is 16.5. The summed E-state index contributed by atoms with van der Waals surface area (Å²) in [6.07, 6.45) is 4.93. The molecule has 0 unspecified atom stereocenters. The maximum atomic E-state index is 10.5. The van der Waals surface area contributed by atoms with E-state index in [-0.39, 0.29) is 33.6 Å². The molecule has 15 rings (SSSR count). The zero-order valence-corrected chi connectivity index (χ0v) is 44.2. The predicted molar refractivity (Wildman–Crippen MR) is 337 cm³/mol. The lowest BCUT2D eigenvalue weighted by molar-refractivity contribution is -0.570. The number of fused-ring (bicyclic) bond motifs is 10. The Labute approximate surface area is 507 Å². The van der Waals surface area contributed by atoms with E-state index in [0.717, 1.165) is 33.0 Å². The van der Waals surface area contributed by atoms with E-state index in [0.29, 0.717) is 61.6 Å². The summed E-state index contributed by atoms with van der Waals surface area (Å²) in [5, 5.41) is 1.55. The van der Waals surface area contributed by atoms with Crippen molar-refractivity contribution in [2.75, 3.05) is 0 Å². The monoisotopic (exact) mass is 1070 g/mol. The van der Waals surface area contributed by atoms with Crippen molar-refractivity contribution in [3.63, 3.8) is 0 Å². The number of aromatic nitrogens is 4. The molecule has 0 aliphatic carbocycles. The van der Waals surface area contributed by atoms with Gasteiger partial charge in [-0.05, 0) is 156 Å². The first kappa shape index (κ1) is 31.4. The fraction of sp³-hybridized carbons (Fsp3) is 0.0649. The van der Waals surface area contributed by atoms with Crippen LogP contribution < -0.4 is 9.30 Å². The second kappa shape index (κ2) is 19.5. The minimum absolute atomic E-state index is 0.144. The van der Waals surface area contributed by atoms with Gasteiger partial charge in [-0.2, -0.15) is 0 Å². The van der Waals surface area contributed by atoms with Crippen molar-refractivity contribution < 1.29 is 38.1 Å². The molecule has 0 bridgehead atoms. The van der Waals surface area contributed by atoms with Crippen molar-refractivity contribution in [2.45, 2.75) is 33.0 Å². The van der Waals surface area contributed by atoms with Crippen LogP contribution in [0.2, 0.25) is 0 Å². The molecule has 0 radical (unpaired) electrons. The van der Waals surface area contributed by atoms with Crippen LogP contribution in [0, 0.1) is 13.2 Å². The van der Waals surface area contributed by atoms with Crippen LogP contribution in [0.15, 0.2) is 267 Å². The van der Waals surface area contributed by atoms with Gasteiger partial charge >= 0.3 is 0 Å². The summed E-state index contributed by atoms with van der Waals surface area (Å²) >= 11 is 0. The molecule has 11 aromatic carbocycles. The highest BCUT2D eigenvalue weighted by Gasteiger charge is 2.29. The molecule has 0 fully saturated rings. The Bertz CT molecular complexity index is 5880. The summed E-state index contributed by atoms with van der Waals surface area (Å²) in [6.45, 7) is 3.13. The third kappa shape index (κ3) is 8.32. The Morgan fingerprint density at radius 3 is 1.72 bits per heavy atom. The standard InChI is InChI=1S/C77H56N4O/c1-50-40-74(78-48-70(50)53-26-12-7-13-27-53)81-71-36-19-18-34-65(71)66-39-38-60(47-73(66)81)82-59-29-20-28-58(46-59)79-49-80-75-68(56-42-54(51-22-8-5-9-23-51)41-55(43-56)52-24-10-6-11-25-52)44-57(77(2,3)4)45-69(75)64-33-17-15-31-62(64)61-30-14-16-32-63(61)67-35-21-37-72(79)76(67)80/h5-48H,1-4H3/i1D3,5D,6D,7D,8D,9D,10D,11D,12D,13D,22D,23D,24D,25D,26D,27D,41D,42D,43D. The second-order valence-electron chi connectivity index (χ2n) is 20.9. The van der Waals surface area contributed by atoms with Crippen molar-refractivity contribution in [1.82, 2.24) is 14.1 Å². The lowest BCUT2D eigenvalue weighted by atomic mass is 9.80. The van der Waals surface area contributed by atoms with Crippen LogP contribution >= 0.6 is 0 Å². The third-order valence-electron chi connectivity index (χ3n) is 15.0. The molecule has 1 aliphatic heterocycles. The minimum Gasteiger partial charge on any atom is -0.458 e. The molecular formula is C77H56N4O. The lowest BCUT2D eigenvalue weighted by Crippen LogP contribution is -2.32.